The van der Waals surface area contributed by atoms with Crippen LogP contribution in [0.1, 0.15) is 43.7 Å². The van der Waals surface area contributed by atoms with E-state index in [0.29, 0.717) is 17.2 Å². The third-order valence-corrected chi connectivity index (χ3v) is 6.08. The second-order valence-electron chi connectivity index (χ2n) is 8.23. The predicted octanol–water partition coefficient (Wildman–Crippen LogP) is 3.91. The van der Waals surface area contributed by atoms with Gasteiger partial charge in [-0.2, -0.15) is 0 Å². The van der Waals surface area contributed by atoms with Gasteiger partial charge in [-0.25, -0.2) is 9.40 Å². The van der Waals surface area contributed by atoms with Crippen LogP contribution in [0.2, 0.25) is 0 Å². The normalized spacial score (nSPS) is 19.4. The van der Waals surface area contributed by atoms with E-state index in [1.165, 1.54) is 42.1 Å². The minimum Gasteiger partial charge on any atom is -0.493 e. The number of hydrogen-bond acceptors (Lipinski definition) is 5. The summed E-state index contributed by atoms with van der Waals surface area (Å²) in [6, 6.07) is 11.0. The standard InChI is InChI=1S/C24H28FN3O4/c1-27-20(16-7-12-21(31-2)22(13-16)32-19-5-3-4-6-19)14-24(30)28(27)15-23(29)26-18-10-8-17(25)9-11-18/h7-13,19-20H,3-6,14-15H2,1-2H3,(H,26,29). The molecule has 0 aromatic heterocycles. The first-order valence-corrected chi connectivity index (χ1v) is 10.9. The van der Waals surface area contributed by atoms with Crippen molar-refractivity contribution < 1.29 is 23.5 Å². The van der Waals surface area contributed by atoms with Crippen molar-refractivity contribution in [2.75, 3.05) is 26.0 Å². The summed E-state index contributed by atoms with van der Waals surface area (Å²) in [6.45, 7) is -0.120. The van der Waals surface area contributed by atoms with E-state index in [0.717, 1.165) is 18.4 Å². The van der Waals surface area contributed by atoms with Crippen molar-refractivity contribution in [3.63, 3.8) is 0 Å². The topological polar surface area (TPSA) is 71.1 Å². The molecule has 1 saturated heterocycles. The third kappa shape index (κ3) is 4.85. The van der Waals surface area contributed by atoms with Crippen LogP contribution >= 0.6 is 0 Å². The molecule has 1 heterocycles. The van der Waals surface area contributed by atoms with E-state index in [9.17, 15) is 14.0 Å². The van der Waals surface area contributed by atoms with E-state index < -0.39 is 0 Å². The number of ether oxygens (including phenoxy) is 2. The van der Waals surface area contributed by atoms with Crippen molar-refractivity contribution in [2.45, 2.75) is 44.2 Å². The Morgan fingerprint density at radius 3 is 2.53 bits per heavy atom. The monoisotopic (exact) mass is 441 g/mol. The average Bonchev–Trinajstić information content (AvgIpc) is 3.39. The highest BCUT2D eigenvalue weighted by molar-refractivity contribution is 5.94. The van der Waals surface area contributed by atoms with Crippen molar-refractivity contribution in [2.24, 2.45) is 0 Å². The Hall–Kier alpha value is -3.13. The predicted molar refractivity (Wildman–Crippen MR) is 118 cm³/mol. The number of benzene rings is 2. The lowest BCUT2D eigenvalue weighted by molar-refractivity contribution is -0.141. The Labute approximate surface area is 187 Å². The van der Waals surface area contributed by atoms with Gasteiger partial charge in [0, 0.05) is 19.2 Å². The molecule has 0 radical (unpaired) electrons. The van der Waals surface area contributed by atoms with Crippen molar-refractivity contribution in [3.8, 4) is 11.5 Å². The number of hydrazine groups is 1. The van der Waals surface area contributed by atoms with Crippen LogP contribution in [0.15, 0.2) is 42.5 Å². The zero-order valence-electron chi connectivity index (χ0n) is 18.3. The summed E-state index contributed by atoms with van der Waals surface area (Å²) in [5, 5.41) is 5.91. The van der Waals surface area contributed by atoms with Crippen LogP contribution in [-0.4, -0.2) is 48.6 Å². The molecule has 7 nitrogen and oxygen atoms in total. The number of carbonyl (C=O) groups excluding carboxylic acids is 2. The Balaban J connectivity index is 1.45. The minimum atomic E-state index is -0.379. The highest BCUT2D eigenvalue weighted by atomic mass is 19.1. The Morgan fingerprint density at radius 2 is 1.84 bits per heavy atom. The number of methoxy groups -OCH3 is 1. The fraction of sp³-hybridized carbons (Fsp3) is 0.417. The zero-order chi connectivity index (χ0) is 22.7. The molecule has 4 rings (SSSR count). The Kier molecular flexibility index (Phi) is 6.60. The van der Waals surface area contributed by atoms with Crippen LogP contribution < -0.4 is 14.8 Å². The average molecular weight is 442 g/mol. The van der Waals surface area contributed by atoms with E-state index >= 15 is 0 Å². The molecule has 170 valence electrons. The molecular weight excluding hydrogens is 413 g/mol. The van der Waals surface area contributed by atoms with Gasteiger partial charge in [0.25, 0.3) is 0 Å². The number of amides is 2. The number of hydrogen-bond donors (Lipinski definition) is 1. The molecule has 1 N–H and O–H groups in total. The molecule has 1 aliphatic carbocycles. The molecule has 2 aromatic carbocycles. The molecule has 1 atom stereocenters. The van der Waals surface area contributed by atoms with Crippen molar-refractivity contribution in [3.05, 3.63) is 53.8 Å². The fourth-order valence-corrected chi connectivity index (χ4v) is 4.33. The highest BCUT2D eigenvalue weighted by Crippen LogP contribution is 2.38. The van der Waals surface area contributed by atoms with Crippen molar-refractivity contribution >= 4 is 17.5 Å². The van der Waals surface area contributed by atoms with Crippen LogP contribution in [0.25, 0.3) is 0 Å². The highest BCUT2D eigenvalue weighted by Gasteiger charge is 2.37. The van der Waals surface area contributed by atoms with Gasteiger partial charge in [0.05, 0.1) is 19.3 Å². The molecule has 0 spiro atoms. The number of carbonyl (C=O) groups is 2. The van der Waals surface area contributed by atoms with E-state index in [2.05, 4.69) is 5.32 Å². The van der Waals surface area contributed by atoms with Crippen LogP contribution in [-0.2, 0) is 9.59 Å². The van der Waals surface area contributed by atoms with Gasteiger partial charge in [0.2, 0.25) is 11.8 Å². The number of nitrogens with one attached hydrogen (secondary N) is 1. The van der Waals surface area contributed by atoms with Crippen LogP contribution in [0.3, 0.4) is 0 Å². The van der Waals surface area contributed by atoms with Gasteiger partial charge in [-0.1, -0.05) is 6.07 Å². The van der Waals surface area contributed by atoms with Gasteiger partial charge in [0.15, 0.2) is 11.5 Å². The van der Waals surface area contributed by atoms with E-state index in [-0.39, 0.29) is 42.7 Å². The maximum atomic E-state index is 13.1. The molecule has 8 heteroatoms. The molecule has 2 aromatic rings. The number of rotatable bonds is 7. The maximum Gasteiger partial charge on any atom is 0.245 e. The first-order valence-electron chi connectivity index (χ1n) is 10.9. The first kappa shape index (κ1) is 22.1. The summed E-state index contributed by atoms with van der Waals surface area (Å²) >= 11 is 0. The van der Waals surface area contributed by atoms with Crippen LogP contribution in [0, 0.1) is 5.82 Å². The molecule has 2 fully saturated rings. The summed E-state index contributed by atoms with van der Waals surface area (Å²) in [6.07, 6.45) is 4.85. The largest absolute Gasteiger partial charge is 0.493 e. The molecule has 1 aliphatic heterocycles. The van der Waals surface area contributed by atoms with Gasteiger partial charge in [-0.3, -0.25) is 14.6 Å². The molecule has 1 unspecified atom stereocenters. The lowest BCUT2D eigenvalue weighted by Crippen LogP contribution is -2.42. The molecular formula is C24H28FN3O4. The summed E-state index contributed by atoms with van der Waals surface area (Å²) in [7, 11) is 3.41. The maximum absolute atomic E-state index is 13.1. The second-order valence-corrected chi connectivity index (χ2v) is 8.23. The van der Waals surface area contributed by atoms with Gasteiger partial charge in [-0.05, 0) is 67.6 Å². The molecule has 32 heavy (non-hydrogen) atoms. The fourth-order valence-electron chi connectivity index (χ4n) is 4.33. The SMILES string of the molecule is COc1ccc(C2CC(=O)N(CC(=O)Nc3ccc(F)cc3)N2C)cc1OC1CCCC1. The van der Waals surface area contributed by atoms with Gasteiger partial charge >= 0.3 is 0 Å². The number of anilines is 1. The van der Waals surface area contributed by atoms with Crippen molar-refractivity contribution in [1.29, 1.82) is 0 Å². The summed E-state index contributed by atoms with van der Waals surface area (Å²) in [5.74, 6) is 0.489. The smallest absolute Gasteiger partial charge is 0.245 e. The molecule has 2 amide bonds. The number of halogens is 1. The molecule has 2 aliphatic rings. The van der Waals surface area contributed by atoms with E-state index in [4.69, 9.17) is 9.47 Å². The minimum absolute atomic E-state index is 0.120. The summed E-state index contributed by atoms with van der Waals surface area (Å²) < 4.78 is 24.7. The first-order chi connectivity index (χ1) is 15.4. The van der Waals surface area contributed by atoms with E-state index in [1.54, 1.807) is 19.2 Å². The van der Waals surface area contributed by atoms with E-state index in [1.807, 2.05) is 18.2 Å². The molecule has 0 bridgehead atoms. The second kappa shape index (κ2) is 9.56. The lowest BCUT2D eigenvalue weighted by Gasteiger charge is -2.28. The van der Waals surface area contributed by atoms with Crippen molar-refractivity contribution in [1.82, 2.24) is 10.0 Å². The Bertz CT molecular complexity index is 976. The quantitative estimate of drug-likeness (QED) is 0.705. The zero-order valence-corrected chi connectivity index (χ0v) is 18.3. The molecule has 1 saturated carbocycles. The van der Waals surface area contributed by atoms with Crippen LogP contribution in [0.4, 0.5) is 10.1 Å². The third-order valence-electron chi connectivity index (χ3n) is 6.08. The summed E-state index contributed by atoms with van der Waals surface area (Å²) in [4.78, 5) is 25.1. The Morgan fingerprint density at radius 1 is 1.12 bits per heavy atom. The summed E-state index contributed by atoms with van der Waals surface area (Å²) in [5.41, 5.74) is 1.40. The lowest BCUT2D eigenvalue weighted by atomic mass is 10.0. The van der Waals surface area contributed by atoms with Crippen LogP contribution in [0.5, 0.6) is 11.5 Å². The van der Waals surface area contributed by atoms with Gasteiger partial charge in [-0.15, -0.1) is 0 Å². The number of nitrogens with zero attached hydrogens (tertiary/aromatic N) is 2. The van der Waals surface area contributed by atoms with Gasteiger partial charge in [0.1, 0.15) is 12.4 Å². The van der Waals surface area contributed by atoms with Gasteiger partial charge < -0.3 is 14.8 Å².